The van der Waals surface area contributed by atoms with E-state index in [2.05, 4.69) is 11.9 Å². The molecule has 3 nitrogen and oxygen atoms in total. The molecule has 0 bridgehead atoms. The summed E-state index contributed by atoms with van der Waals surface area (Å²) in [4.78, 5) is 4.99. The van der Waals surface area contributed by atoms with E-state index in [0.717, 1.165) is 23.3 Å². The summed E-state index contributed by atoms with van der Waals surface area (Å²) in [6.07, 6.45) is 4.97. The van der Waals surface area contributed by atoms with Gasteiger partial charge in [0.25, 0.3) is 5.22 Å². The SMILES string of the molecule is CCC(N)Cc1ccc(Sc2ncco2)c(Cl)c1. The normalized spacial score (nSPS) is 12.6. The zero-order chi connectivity index (χ0) is 13.0. The molecule has 0 saturated carbocycles. The largest absolute Gasteiger partial charge is 0.440 e. The second-order valence-corrected chi connectivity index (χ2v) is 5.44. The minimum atomic E-state index is 0.186. The van der Waals surface area contributed by atoms with Crippen LogP contribution < -0.4 is 5.73 Å². The van der Waals surface area contributed by atoms with E-state index in [0.29, 0.717) is 10.2 Å². The van der Waals surface area contributed by atoms with Crippen molar-refractivity contribution in [1.29, 1.82) is 0 Å². The number of benzene rings is 1. The molecule has 5 heteroatoms. The molecule has 18 heavy (non-hydrogen) atoms. The van der Waals surface area contributed by atoms with Crippen LogP contribution in [0.3, 0.4) is 0 Å². The number of hydrogen-bond donors (Lipinski definition) is 1. The zero-order valence-electron chi connectivity index (χ0n) is 10.1. The van der Waals surface area contributed by atoms with E-state index < -0.39 is 0 Å². The van der Waals surface area contributed by atoms with Crippen molar-refractivity contribution in [3.8, 4) is 0 Å². The van der Waals surface area contributed by atoms with E-state index in [-0.39, 0.29) is 6.04 Å². The van der Waals surface area contributed by atoms with E-state index >= 15 is 0 Å². The van der Waals surface area contributed by atoms with Crippen molar-refractivity contribution < 1.29 is 4.42 Å². The van der Waals surface area contributed by atoms with E-state index in [1.54, 1.807) is 12.5 Å². The van der Waals surface area contributed by atoms with Gasteiger partial charge in [-0.3, -0.25) is 0 Å². The summed E-state index contributed by atoms with van der Waals surface area (Å²) in [6.45, 7) is 2.08. The highest BCUT2D eigenvalue weighted by molar-refractivity contribution is 7.99. The van der Waals surface area contributed by atoms with Crippen LogP contribution in [0.25, 0.3) is 0 Å². The van der Waals surface area contributed by atoms with Gasteiger partial charge in [-0.15, -0.1) is 0 Å². The number of hydrogen-bond acceptors (Lipinski definition) is 4. The molecule has 2 aromatic rings. The summed E-state index contributed by atoms with van der Waals surface area (Å²) in [5, 5.41) is 1.30. The molecule has 1 aromatic heterocycles. The molecule has 0 amide bonds. The first-order valence-corrected chi connectivity index (χ1v) is 7.00. The molecule has 1 atom stereocenters. The maximum atomic E-state index is 6.24. The van der Waals surface area contributed by atoms with Gasteiger partial charge in [-0.2, -0.15) is 0 Å². The standard InChI is InChI=1S/C13H15ClN2OS/c1-2-10(15)7-9-3-4-12(11(14)8-9)18-13-16-5-6-17-13/h3-6,8,10H,2,7,15H2,1H3. The lowest BCUT2D eigenvalue weighted by molar-refractivity contribution is 0.454. The topological polar surface area (TPSA) is 52.0 Å². The molecule has 0 aliphatic rings. The molecular weight excluding hydrogens is 268 g/mol. The summed E-state index contributed by atoms with van der Waals surface area (Å²) < 4.78 is 5.18. The molecule has 1 heterocycles. The van der Waals surface area contributed by atoms with Gasteiger partial charge in [-0.05, 0) is 42.3 Å². The van der Waals surface area contributed by atoms with Gasteiger partial charge in [0.1, 0.15) is 6.26 Å². The third-order valence-corrected chi connectivity index (χ3v) is 4.00. The highest BCUT2D eigenvalue weighted by Gasteiger charge is 2.08. The first kappa shape index (κ1) is 13.5. The first-order chi connectivity index (χ1) is 8.69. The Kier molecular flexibility index (Phi) is 4.69. The number of nitrogens with zero attached hydrogens (tertiary/aromatic N) is 1. The Morgan fingerprint density at radius 2 is 2.33 bits per heavy atom. The maximum Gasteiger partial charge on any atom is 0.260 e. The lowest BCUT2D eigenvalue weighted by Crippen LogP contribution is -2.21. The van der Waals surface area contributed by atoms with Crippen LogP contribution in [0.2, 0.25) is 5.02 Å². The Morgan fingerprint density at radius 1 is 1.50 bits per heavy atom. The monoisotopic (exact) mass is 282 g/mol. The number of rotatable bonds is 5. The molecule has 0 spiro atoms. The van der Waals surface area contributed by atoms with Gasteiger partial charge in [0, 0.05) is 10.9 Å². The molecule has 0 fully saturated rings. The van der Waals surface area contributed by atoms with Gasteiger partial charge in [0.2, 0.25) is 0 Å². The van der Waals surface area contributed by atoms with Crippen molar-refractivity contribution in [2.75, 3.05) is 0 Å². The van der Waals surface area contributed by atoms with Gasteiger partial charge < -0.3 is 10.2 Å². The lowest BCUT2D eigenvalue weighted by Gasteiger charge is -2.10. The van der Waals surface area contributed by atoms with Crippen LogP contribution in [0.4, 0.5) is 0 Å². The Balaban J connectivity index is 2.10. The fourth-order valence-corrected chi connectivity index (χ4v) is 2.57. The Hall–Kier alpha value is -0.970. The second-order valence-electron chi connectivity index (χ2n) is 4.04. The maximum absolute atomic E-state index is 6.24. The molecule has 2 N–H and O–H groups in total. The van der Waals surface area contributed by atoms with Crippen molar-refractivity contribution in [2.24, 2.45) is 5.73 Å². The molecule has 0 saturated heterocycles. The Bertz CT molecular complexity index is 502. The molecule has 0 radical (unpaired) electrons. The fraction of sp³-hybridized carbons (Fsp3) is 0.308. The van der Waals surface area contributed by atoms with E-state index in [1.165, 1.54) is 11.8 Å². The highest BCUT2D eigenvalue weighted by Crippen LogP contribution is 2.33. The van der Waals surface area contributed by atoms with Gasteiger partial charge in [0.05, 0.1) is 11.2 Å². The minimum absolute atomic E-state index is 0.186. The highest BCUT2D eigenvalue weighted by atomic mass is 35.5. The number of nitrogens with two attached hydrogens (primary N) is 1. The van der Waals surface area contributed by atoms with Crippen LogP contribution in [0.15, 0.2) is 45.2 Å². The van der Waals surface area contributed by atoms with Crippen molar-refractivity contribution in [2.45, 2.75) is 35.9 Å². The third kappa shape index (κ3) is 3.51. The molecule has 96 valence electrons. The molecule has 2 rings (SSSR count). The summed E-state index contributed by atoms with van der Waals surface area (Å²) in [7, 11) is 0. The summed E-state index contributed by atoms with van der Waals surface area (Å²) in [5.74, 6) is 0. The number of aromatic nitrogens is 1. The fourth-order valence-electron chi connectivity index (χ4n) is 1.56. The van der Waals surface area contributed by atoms with Crippen LogP contribution in [0, 0.1) is 0 Å². The van der Waals surface area contributed by atoms with Crippen molar-refractivity contribution >= 4 is 23.4 Å². The lowest BCUT2D eigenvalue weighted by atomic mass is 10.1. The van der Waals surface area contributed by atoms with Gasteiger partial charge in [-0.1, -0.05) is 24.6 Å². The van der Waals surface area contributed by atoms with E-state index in [9.17, 15) is 0 Å². The number of oxazole rings is 1. The molecule has 1 aromatic carbocycles. The van der Waals surface area contributed by atoms with Crippen LogP contribution in [0.1, 0.15) is 18.9 Å². The van der Waals surface area contributed by atoms with E-state index in [1.807, 2.05) is 18.2 Å². The predicted octanol–water partition coefficient (Wildman–Crippen LogP) is 3.76. The quantitative estimate of drug-likeness (QED) is 0.907. The van der Waals surface area contributed by atoms with Gasteiger partial charge in [0.15, 0.2) is 0 Å². The smallest absolute Gasteiger partial charge is 0.260 e. The molecule has 0 aliphatic carbocycles. The second kappa shape index (κ2) is 6.27. The molecule has 1 unspecified atom stereocenters. The molecular formula is C13H15ClN2OS. The first-order valence-electron chi connectivity index (χ1n) is 5.80. The zero-order valence-corrected chi connectivity index (χ0v) is 11.7. The minimum Gasteiger partial charge on any atom is -0.440 e. The van der Waals surface area contributed by atoms with Crippen LogP contribution in [0.5, 0.6) is 0 Å². The Labute approximate surface area is 116 Å². The molecule has 0 aliphatic heterocycles. The average Bonchev–Trinajstić information content (AvgIpc) is 2.85. The van der Waals surface area contributed by atoms with Crippen molar-refractivity contribution in [1.82, 2.24) is 4.98 Å². The average molecular weight is 283 g/mol. The predicted molar refractivity (Wildman–Crippen MR) is 74.0 cm³/mol. The summed E-state index contributed by atoms with van der Waals surface area (Å²) in [6, 6.07) is 6.18. The van der Waals surface area contributed by atoms with Gasteiger partial charge >= 0.3 is 0 Å². The summed E-state index contributed by atoms with van der Waals surface area (Å²) in [5.41, 5.74) is 7.09. The van der Waals surface area contributed by atoms with Crippen molar-refractivity contribution in [3.63, 3.8) is 0 Å². The van der Waals surface area contributed by atoms with Gasteiger partial charge in [-0.25, -0.2) is 4.98 Å². The summed E-state index contributed by atoms with van der Waals surface area (Å²) >= 11 is 7.66. The van der Waals surface area contributed by atoms with Crippen molar-refractivity contribution in [3.05, 3.63) is 41.2 Å². The van der Waals surface area contributed by atoms with Crippen LogP contribution in [-0.2, 0) is 6.42 Å². The Morgan fingerprint density at radius 3 is 2.94 bits per heavy atom. The van der Waals surface area contributed by atoms with Crippen LogP contribution in [-0.4, -0.2) is 11.0 Å². The van der Waals surface area contributed by atoms with E-state index in [4.69, 9.17) is 21.8 Å². The number of halogens is 1. The van der Waals surface area contributed by atoms with Crippen LogP contribution >= 0.6 is 23.4 Å². The third-order valence-electron chi connectivity index (χ3n) is 2.63.